The van der Waals surface area contributed by atoms with Crippen molar-refractivity contribution in [2.75, 3.05) is 0 Å². The Labute approximate surface area is 95.1 Å². The Kier molecular flexibility index (Phi) is 7.71. The minimum absolute atomic E-state index is 1.06. The zero-order valence-corrected chi connectivity index (χ0v) is 10.8. The number of rotatable bonds is 5. The lowest BCUT2D eigenvalue weighted by molar-refractivity contribution is 1.12. The van der Waals surface area contributed by atoms with Crippen LogP contribution in [-0.2, 0) is 0 Å². The molecule has 0 heterocycles. The molecule has 0 spiro atoms. The molecule has 0 radical (unpaired) electrons. The molecule has 0 rings (SSSR count). The van der Waals surface area contributed by atoms with Crippen molar-refractivity contribution < 1.29 is 0 Å². The first kappa shape index (κ1) is 14.0. The van der Waals surface area contributed by atoms with E-state index in [0.717, 1.165) is 12.8 Å². The Bertz CT molecular complexity index is 285. The van der Waals surface area contributed by atoms with Crippen LogP contribution in [0, 0.1) is 0 Å². The van der Waals surface area contributed by atoms with Crippen LogP contribution in [0.15, 0.2) is 47.1 Å². The number of hydrogen-bond donors (Lipinski definition) is 0. The van der Waals surface area contributed by atoms with E-state index < -0.39 is 0 Å². The first-order valence-corrected chi connectivity index (χ1v) is 5.78. The molecule has 0 aliphatic rings. The van der Waals surface area contributed by atoms with E-state index in [0.29, 0.717) is 0 Å². The van der Waals surface area contributed by atoms with Crippen LogP contribution in [0.2, 0.25) is 0 Å². The topological polar surface area (TPSA) is 0 Å². The number of allylic oxidation sites excluding steroid dienone is 8. The van der Waals surface area contributed by atoms with Crippen molar-refractivity contribution in [3.05, 3.63) is 47.1 Å². The SMILES string of the molecule is CC=CC(=CC)C(C)=C(C)CC=CCC. The molecule has 0 aromatic carbocycles. The van der Waals surface area contributed by atoms with E-state index in [4.69, 9.17) is 0 Å². The molecule has 0 atom stereocenters. The molecule has 0 heteroatoms. The Hall–Kier alpha value is -1.04. The van der Waals surface area contributed by atoms with Crippen molar-refractivity contribution in [2.45, 2.75) is 47.5 Å². The Morgan fingerprint density at radius 2 is 1.73 bits per heavy atom. The molecule has 0 N–H and O–H groups in total. The zero-order chi connectivity index (χ0) is 11.7. The highest BCUT2D eigenvalue weighted by molar-refractivity contribution is 5.40. The van der Waals surface area contributed by atoms with Gasteiger partial charge in [0.2, 0.25) is 0 Å². The predicted octanol–water partition coefficient (Wildman–Crippen LogP) is 5.20. The Balaban J connectivity index is 4.68. The van der Waals surface area contributed by atoms with Gasteiger partial charge in [-0.3, -0.25) is 0 Å². The Morgan fingerprint density at radius 1 is 1.07 bits per heavy atom. The molecule has 0 nitrogen and oxygen atoms in total. The van der Waals surface area contributed by atoms with Crippen LogP contribution < -0.4 is 0 Å². The van der Waals surface area contributed by atoms with E-state index in [2.05, 4.69) is 65.0 Å². The van der Waals surface area contributed by atoms with E-state index in [1.807, 2.05) is 0 Å². The maximum atomic E-state index is 2.25. The summed E-state index contributed by atoms with van der Waals surface area (Å²) in [5.41, 5.74) is 4.18. The molecule has 0 bridgehead atoms. The van der Waals surface area contributed by atoms with Gasteiger partial charge in [0, 0.05) is 0 Å². The van der Waals surface area contributed by atoms with Crippen molar-refractivity contribution in [3.8, 4) is 0 Å². The van der Waals surface area contributed by atoms with Gasteiger partial charge in [-0.25, -0.2) is 0 Å². The van der Waals surface area contributed by atoms with Crippen LogP contribution in [0.3, 0.4) is 0 Å². The average Bonchev–Trinajstić information content (AvgIpc) is 2.25. The zero-order valence-electron chi connectivity index (χ0n) is 10.8. The van der Waals surface area contributed by atoms with Gasteiger partial charge in [0.05, 0.1) is 0 Å². The van der Waals surface area contributed by atoms with Crippen molar-refractivity contribution in [1.82, 2.24) is 0 Å². The van der Waals surface area contributed by atoms with E-state index in [1.54, 1.807) is 0 Å². The first-order valence-electron chi connectivity index (χ1n) is 5.78. The van der Waals surface area contributed by atoms with Gasteiger partial charge in [0.1, 0.15) is 0 Å². The summed E-state index contributed by atoms with van der Waals surface area (Å²) in [6, 6.07) is 0. The van der Waals surface area contributed by atoms with Crippen molar-refractivity contribution in [3.63, 3.8) is 0 Å². The van der Waals surface area contributed by atoms with Gasteiger partial charge in [-0.1, -0.05) is 42.9 Å². The second-order valence-corrected chi connectivity index (χ2v) is 3.73. The monoisotopic (exact) mass is 204 g/mol. The van der Waals surface area contributed by atoms with Crippen LogP contribution in [-0.4, -0.2) is 0 Å². The third kappa shape index (κ3) is 5.41. The van der Waals surface area contributed by atoms with Gasteiger partial charge < -0.3 is 0 Å². The maximum absolute atomic E-state index is 2.25. The van der Waals surface area contributed by atoms with Gasteiger partial charge in [0.25, 0.3) is 0 Å². The fourth-order valence-electron chi connectivity index (χ4n) is 1.44. The second kappa shape index (κ2) is 8.28. The highest BCUT2D eigenvalue weighted by Gasteiger charge is 1.98. The fraction of sp³-hybridized carbons (Fsp3) is 0.467. The quantitative estimate of drug-likeness (QED) is 0.426. The first-order chi connectivity index (χ1) is 7.17. The molecular weight excluding hydrogens is 180 g/mol. The van der Waals surface area contributed by atoms with Crippen LogP contribution in [0.4, 0.5) is 0 Å². The van der Waals surface area contributed by atoms with Crippen molar-refractivity contribution >= 4 is 0 Å². The summed E-state index contributed by atoms with van der Waals surface area (Å²) in [6.45, 7) is 10.7. The van der Waals surface area contributed by atoms with Gasteiger partial charge in [-0.05, 0) is 51.7 Å². The molecule has 0 fully saturated rings. The van der Waals surface area contributed by atoms with E-state index in [9.17, 15) is 0 Å². The van der Waals surface area contributed by atoms with Crippen LogP contribution >= 0.6 is 0 Å². The lowest BCUT2D eigenvalue weighted by Crippen LogP contribution is -1.86. The summed E-state index contributed by atoms with van der Waals surface area (Å²) >= 11 is 0. The van der Waals surface area contributed by atoms with Crippen molar-refractivity contribution in [2.24, 2.45) is 0 Å². The van der Waals surface area contributed by atoms with E-state index in [1.165, 1.54) is 16.7 Å². The molecular formula is C15H24. The lowest BCUT2D eigenvalue weighted by atomic mass is 9.99. The van der Waals surface area contributed by atoms with Gasteiger partial charge >= 0.3 is 0 Å². The lowest BCUT2D eigenvalue weighted by Gasteiger charge is -2.06. The molecule has 0 saturated carbocycles. The molecule has 0 unspecified atom stereocenters. The fourth-order valence-corrected chi connectivity index (χ4v) is 1.44. The third-order valence-corrected chi connectivity index (χ3v) is 2.56. The van der Waals surface area contributed by atoms with Crippen LogP contribution in [0.5, 0.6) is 0 Å². The minimum atomic E-state index is 1.06. The molecule has 0 aromatic heterocycles. The summed E-state index contributed by atoms with van der Waals surface area (Å²) in [5, 5.41) is 0. The highest BCUT2D eigenvalue weighted by Crippen LogP contribution is 2.18. The minimum Gasteiger partial charge on any atom is -0.0885 e. The van der Waals surface area contributed by atoms with Crippen molar-refractivity contribution in [1.29, 1.82) is 0 Å². The summed E-state index contributed by atoms with van der Waals surface area (Å²) in [7, 11) is 0. The van der Waals surface area contributed by atoms with Crippen LogP contribution in [0.25, 0.3) is 0 Å². The molecule has 0 aromatic rings. The summed E-state index contributed by atoms with van der Waals surface area (Å²) < 4.78 is 0. The Morgan fingerprint density at radius 3 is 2.20 bits per heavy atom. The third-order valence-electron chi connectivity index (χ3n) is 2.56. The van der Waals surface area contributed by atoms with E-state index >= 15 is 0 Å². The molecule has 0 amide bonds. The second-order valence-electron chi connectivity index (χ2n) is 3.73. The molecule has 0 aliphatic heterocycles. The summed E-state index contributed by atoms with van der Waals surface area (Å²) in [6.07, 6.45) is 13.1. The van der Waals surface area contributed by atoms with E-state index in [-0.39, 0.29) is 0 Å². The maximum Gasteiger partial charge on any atom is -0.0136 e. The van der Waals surface area contributed by atoms with Crippen LogP contribution in [0.1, 0.15) is 47.5 Å². The van der Waals surface area contributed by atoms with Gasteiger partial charge in [-0.2, -0.15) is 0 Å². The highest BCUT2D eigenvalue weighted by atomic mass is 14.0. The normalized spacial score (nSPS) is 15.1. The smallest absolute Gasteiger partial charge is 0.0136 e. The molecule has 15 heavy (non-hydrogen) atoms. The largest absolute Gasteiger partial charge is 0.0885 e. The molecule has 0 aliphatic carbocycles. The summed E-state index contributed by atoms with van der Waals surface area (Å²) in [5.74, 6) is 0. The van der Waals surface area contributed by atoms with Gasteiger partial charge in [0.15, 0.2) is 0 Å². The molecule has 84 valence electrons. The summed E-state index contributed by atoms with van der Waals surface area (Å²) in [4.78, 5) is 0. The average molecular weight is 204 g/mol. The van der Waals surface area contributed by atoms with Gasteiger partial charge in [-0.15, -0.1) is 0 Å². The predicted molar refractivity (Wildman–Crippen MR) is 71.0 cm³/mol. The molecule has 0 saturated heterocycles. The standard InChI is InChI=1S/C15H24/c1-6-9-10-12-13(4)14(5)15(8-3)11-7-2/h7-11H,6,12H2,1-5H3. The number of hydrogen-bond acceptors (Lipinski definition) is 0.